The van der Waals surface area contributed by atoms with E-state index in [-0.39, 0.29) is 12.0 Å². The van der Waals surface area contributed by atoms with Gasteiger partial charge in [0.1, 0.15) is 6.33 Å². The van der Waals surface area contributed by atoms with Gasteiger partial charge in [-0.2, -0.15) is 0 Å². The van der Waals surface area contributed by atoms with Gasteiger partial charge in [-0.05, 0) is 19.9 Å². The summed E-state index contributed by atoms with van der Waals surface area (Å²) in [6.45, 7) is 4.90. The van der Waals surface area contributed by atoms with Crippen LogP contribution in [-0.2, 0) is 13.1 Å². The lowest BCUT2D eigenvalue weighted by atomic mass is 10.2. The lowest BCUT2D eigenvalue weighted by Gasteiger charge is -2.16. The maximum Gasteiger partial charge on any atom is 0.254 e. The minimum atomic E-state index is -0.0518. The highest BCUT2D eigenvalue weighted by Gasteiger charge is 2.25. The van der Waals surface area contributed by atoms with Gasteiger partial charge in [0.25, 0.3) is 5.91 Å². The fourth-order valence-corrected chi connectivity index (χ4v) is 2.28. The number of hydrogen-bond donors (Lipinski definition) is 0. The zero-order chi connectivity index (χ0) is 14.8. The van der Waals surface area contributed by atoms with Crippen molar-refractivity contribution in [2.75, 3.05) is 0 Å². The molecule has 108 valence electrons. The molecule has 3 heterocycles. The first-order valence-corrected chi connectivity index (χ1v) is 6.83. The number of ether oxygens (including phenoxy) is 1. The third-order valence-electron chi connectivity index (χ3n) is 3.21. The standard InChI is InChI=1S/C15H16N4O2/c1-10(2)21-14-5-11(3-4-17-14)15(20)19-7-12-6-16-9-18-13(12)8-19/h3-6,9-10H,7-8H2,1-2H3. The summed E-state index contributed by atoms with van der Waals surface area (Å²) in [4.78, 5) is 26.6. The molecular weight excluding hydrogens is 268 g/mol. The lowest BCUT2D eigenvalue weighted by molar-refractivity contribution is 0.0749. The molecule has 0 saturated heterocycles. The maximum atomic E-state index is 12.5. The Kier molecular flexibility index (Phi) is 3.51. The van der Waals surface area contributed by atoms with Crippen LogP contribution in [0.15, 0.2) is 30.9 Å². The smallest absolute Gasteiger partial charge is 0.254 e. The van der Waals surface area contributed by atoms with Crippen molar-refractivity contribution in [1.82, 2.24) is 19.9 Å². The van der Waals surface area contributed by atoms with Gasteiger partial charge in [0.2, 0.25) is 5.88 Å². The van der Waals surface area contributed by atoms with Gasteiger partial charge in [-0.15, -0.1) is 0 Å². The number of aromatic nitrogens is 3. The van der Waals surface area contributed by atoms with Gasteiger partial charge in [-0.3, -0.25) is 4.79 Å². The first kappa shape index (κ1) is 13.5. The molecule has 0 aromatic carbocycles. The fourth-order valence-electron chi connectivity index (χ4n) is 2.28. The van der Waals surface area contributed by atoms with Gasteiger partial charge >= 0.3 is 0 Å². The molecular formula is C15H16N4O2. The average molecular weight is 284 g/mol. The van der Waals surface area contributed by atoms with Crippen molar-refractivity contribution >= 4 is 5.91 Å². The van der Waals surface area contributed by atoms with Crippen molar-refractivity contribution in [1.29, 1.82) is 0 Å². The SMILES string of the molecule is CC(C)Oc1cc(C(=O)N2Cc3cncnc3C2)ccn1. The van der Waals surface area contributed by atoms with Gasteiger partial charge < -0.3 is 9.64 Å². The molecule has 0 bridgehead atoms. The van der Waals surface area contributed by atoms with Crippen LogP contribution in [0.25, 0.3) is 0 Å². The van der Waals surface area contributed by atoms with E-state index >= 15 is 0 Å². The van der Waals surface area contributed by atoms with Crippen LogP contribution in [0, 0.1) is 0 Å². The first-order valence-electron chi connectivity index (χ1n) is 6.83. The molecule has 1 aliphatic rings. The van der Waals surface area contributed by atoms with Crippen LogP contribution in [-0.4, -0.2) is 31.9 Å². The van der Waals surface area contributed by atoms with Crippen LogP contribution < -0.4 is 4.74 Å². The molecule has 0 aliphatic carbocycles. The molecule has 0 unspecified atom stereocenters. The van der Waals surface area contributed by atoms with Crippen molar-refractivity contribution in [3.05, 3.63) is 47.7 Å². The van der Waals surface area contributed by atoms with Crippen LogP contribution >= 0.6 is 0 Å². The van der Waals surface area contributed by atoms with E-state index in [1.165, 1.54) is 6.33 Å². The highest BCUT2D eigenvalue weighted by Crippen LogP contribution is 2.22. The van der Waals surface area contributed by atoms with Crippen molar-refractivity contribution in [3.8, 4) is 5.88 Å². The molecule has 2 aromatic heterocycles. The highest BCUT2D eigenvalue weighted by atomic mass is 16.5. The Bertz CT molecular complexity index is 647. The maximum absolute atomic E-state index is 12.5. The number of hydrogen-bond acceptors (Lipinski definition) is 5. The summed E-state index contributed by atoms with van der Waals surface area (Å²) in [6.07, 6.45) is 4.88. The molecule has 2 aromatic rings. The number of rotatable bonds is 3. The fraction of sp³-hybridized carbons (Fsp3) is 0.333. The van der Waals surface area contributed by atoms with Gasteiger partial charge in [0.05, 0.1) is 18.3 Å². The topological polar surface area (TPSA) is 68.2 Å². The molecule has 0 spiro atoms. The zero-order valence-corrected chi connectivity index (χ0v) is 12.0. The van der Waals surface area contributed by atoms with Gasteiger partial charge in [-0.1, -0.05) is 0 Å². The Morgan fingerprint density at radius 2 is 2.19 bits per heavy atom. The molecule has 3 rings (SSSR count). The first-order chi connectivity index (χ1) is 10.1. The summed E-state index contributed by atoms with van der Waals surface area (Å²) < 4.78 is 5.53. The molecule has 1 aliphatic heterocycles. The Balaban J connectivity index is 1.78. The second-order valence-electron chi connectivity index (χ2n) is 5.21. The molecule has 0 radical (unpaired) electrons. The van der Waals surface area contributed by atoms with Crippen molar-refractivity contribution in [3.63, 3.8) is 0 Å². The number of amides is 1. The van der Waals surface area contributed by atoms with E-state index < -0.39 is 0 Å². The van der Waals surface area contributed by atoms with Crippen LogP contribution in [0.1, 0.15) is 35.5 Å². The van der Waals surface area contributed by atoms with E-state index in [0.717, 1.165) is 11.3 Å². The molecule has 21 heavy (non-hydrogen) atoms. The largest absolute Gasteiger partial charge is 0.475 e. The summed E-state index contributed by atoms with van der Waals surface area (Å²) in [5.41, 5.74) is 2.48. The summed E-state index contributed by atoms with van der Waals surface area (Å²) in [5.74, 6) is 0.413. The minimum absolute atomic E-state index is 0.0224. The summed E-state index contributed by atoms with van der Waals surface area (Å²) in [7, 11) is 0. The molecule has 6 heteroatoms. The number of nitrogens with zero attached hydrogens (tertiary/aromatic N) is 4. The summed E-state index contributed by atoms with van der Waals surface area (Å²) in [5, 5.41) is 0. The Hall–Kier alpha value is -2.50. The third-order valence-corrected chi connectivity index (χ3v) is 3.21. The van der Waals surface area contributed by atoms with E-state index in [4.69, 9.17) is 4.74 Å². The quantitative estimate of drug-likeness (QED) is 0.860. The minimum Gasteiger partial charge on any atom is -0.475 e. The second-order valence-corrected chi connectivity index (χ2v) is 5.21. The van der Waals surface area contributed by atoms with E-state index in [2.05, 4.69) is 15.0 Å². The molecule has 0 fully saturated rings. The normalized spacial score (nSPS) is 13.4. The van der Waals surface area contributed by atoms with E-state index in [1.54, 1.807) is 29.4 Å². The predicted octanol–water partition coefficient (Wildman–Crippen LogP) is 1.81. The van der Waals surface area contributed by atoms with Crippen molar-refractivity contribution in [2.24, 2.45) is 0 Å². The predicted molar refractivity (Wildman–Crippen MR) is 75.6 cm³/mol. The number of carbonyl (C=O) groups is 1. The molecule has 0 atom stereocenters. The van der Waals surface area contributed by atoms with Crippen LogP contribution in [0.2, 0.25) is 0 Å². The molecule has 0 N–H and O–H groups in total. The monoisotopic (exact) mass is 284 g/mol. The number of carbonyl (C=O) groups excluding carboxylic acids is 1. The summed E-state index contributed by atoms with van der Waals surface area (Å²) >= 11 is 0. The Morgan fingerprint density at radius 3 is 2.95 bits per heavy atom. The van der Waals surface area contributed by atoms with Gasteiger partial charge in [-0.25, -0.2) is 15.0 Å². The van der Waals surface area contributed by atoms with E-state index in [9.17, 15) is 4.79 Å². The lowest BCUT2D eigenvalue weighted by Crippen LogP contribution is -2.25. The highest BCUT2D eigenvalue weighted by molar-refractivity contribution is 5.94. The van der Waals surface area contributed by atoms with E-state index in [1.807, 2.05) is 13.8 Å². The molecule has 0 saturated carbocycles. The average Bonchev–Trinajstić information content (AvgIpc) is 2.90. The van der Waals surface area contributed by atoms with Crippen molar-refractivity contribution in [2.45, 2.75) is 33.0 Å². The number of fused-ring (bicyclic) bond motifs is 1. The number of pyridine rings is 1. The summed E-state index contributed by atoms with van der Waals surface area (Å²) in [6, 6.07) is 3.38. The third kappa shape index (κ3) is 2.84. The zero-order valence-electron chi connectivity index (χ0n) is 12.0. The van der Waals surface area contributed by atoms with Crippen LogP contribution in [0.4, 0.5) is 0 Å². The van der Waals surface area contributed by atoms with E-state index in [0.29, 0.717) is 24.5 Å². The Morgan fingerprint density at radius 1 is 1.33 bits per heavy atom. The molecule has 6 nitrogen and oxygen atoms in total. The van der Waals surface area contributed by atoms with Crippen molar-refractivity contribution < 1.29 is 9.53 Å². The van der Waals surface area contributed by atoms with Crippen LogP contribution in [0.5, 0.6) is 5.88 Å². The van der Waals surface area contributed by atoms with Gasteiger partial charge in [0.15, 0.2) is 0 Å². The van der Waals surface area contributed by atoms with Crippen LogP contribution in [0.3, 0.4) is 0 Å². The molecule has 1 amide bonds. The Labute approximate surface area is 122 Å². The second kappa shape index (κ2) is 5.47. The van der Waals surface area contributed by atoms with Gasteiger partial charge in [0, 0.05) is 36.1 Å².